The normalized spacial score (nSPS) is 16.3. The third kappa shape index (κ3) is 3.43. The molecule has 0 unspecified atom stereocenters. The van der Waals surface area contributed by atoms with Crippen molar-refractivity contribution in [3.8, 4) is 11.1 Å². The van der Waals surface area contributed by atoms with Crippen LogP contribution in [0.3, 0.4) is 0 Å². The molecule has 1 fully saturated rings. The van der Waals surface area contributed by atoms with E-state index in [0.717, 1.165) is 26.2 Å². The fourth-order valence-corrected chi connectivity index (χ4v) is 6.11. The summed E-state index contributed by atoms with van der Waals surface area (Å²) in [6.45, 7) is 4.10. The van der Waals surface area contributed by atoms with E-state index in [0.29, 0.717) is 6.04 Å². The number of benzene rings is 5. The van der Waals surface area contributed by atoms with Crippen molar-refractivity contribution in [2.75, 3.05) is 26.2 Å². The highest BCUT2D eigenvalue weighted by Gasteiger charge is 2.37. The minimum atomic E-state index is 0.426. The van der Waals surface area contributed by atoms with Gasteiger partial charge < -0.3 is 4.90 Å². The predicted octanol–water partition coefficient (Wildman–Crippen LogP) is 5.30. The van der Waals surface area contributed by atoms with Crippen molar-refractivity contribution in [1.29, 1.82) is 0 Å². The molecular weight excluding hydrogens is 426 g/mol. The van der Waals surface area contributed by atoms with Crippen LogP contribution in [-0.2, 0) is 0 Å². The van der Waals surface area contributed by atoms with Crippen molar-refractivity contribution >= 4 is 27.8 Å². The Labute approximate surface area is 205 Å². The van der Waals surface area contributed by atoms with Crippen LogP contribution in [0, 0.1) is 0 Å². The Morgan fingerprint density at radius 2 is 1.17 bits per heavy atom. The second-order valence-corrected chi connectivity index (χ2v) is 9.70. The minimum Gasteiger partial charge on any atom is -0.322 e. The van der Waals surface area contributed by atoms with E-state index in [2.05, 4.69) is 114 Å². The molecule has 0 bridgehead atoms. The first-order chi connectivity index (χ1) is 17.4. The molecule has 0 amide bonds. The Hall–Kier alpha value is -3.95. The van der Waals surface area contributed by atoms with E-state index < -0.39 is 0 Å². The van der Waals surface area contributed by atoms with Crippen LogP contribution in [0.25, 0.3) is 32.7 Å². The molecule has 1 saturated heterocycles. The highest BCUT2D eigenvalue weighted by atomic mass is 15.5. The number of fused-ring (bicyclic) bond motifs is 5. The second-order valence-electron chi connectivity index (χ2n) is 9.70. The molecule has 0 atom stereocenters. The predicted molar refractivity (Wildman–Crippen MR) is 145 cm³/mol. The molecule has 5 aromatic rings. The summed E-state index contributed by atoms with van der Waals surface area (Å²) in [5, 5.41) is 12.3. The van der Waals surface area contributed by atoms with Gasteiger partial charge in [0.2, 0.25) is 0 Å². The molecule has 35 heavy (non-hydrogen) atoms. The second kappa shape index (κ2) is 8.37. The van der Waals surface area contributed by atoms with Gasteiger partial charge in [-0.15, -0.1) is 0 Å². The molecule has 5 aromatic carbocycles. The standard InChI is InChI=1S/C32H27N3/c1-3-11-25-23(9-1)21-24-10-2-4-12-26(24)31(25)22-33-35-19-17-34(18-20-35)32-29-15-7-5-13-27(29)28-14-6-8-16-30(28)32/h1-16,21-22,32H,17-20H2/p+1. The minimum absolute atomic E-state index is 0.426. The number of nitrogens with zero attached hydrogens (tertiary/aromatic N) is 2. The zero-order chi connectivity index (χ0) is 23.2. The summed E-state index contributed by atoms with van der Waals surface area (Å²) in [5.74, 6) is 0. The van der Waals surface area contributed by atoms with Crippen molar-refractivity contribution in [2.45, 2.75) is 6.04 Å². The van der Waals surface area contributed by atoms with E-state index >= 15 is 0 Å². The number of hydrazone groups is 1. The largest absolute Gasteiger partial charge is 0.322 e. The van der Waals surface area contributed by atoms with Gasteiger partial charge in [0.25, 0.3) is 0 Å². The molecule has 3 nitrogen and oxygen atoms in total. The first-order valence-corrected chi connectivity index (χ1v) is 12.6. The Morgan fingerprint density at radius 3 is 1.77 bits per heavy atom. The molecule has 0 spiro atoms. The average molecular weight is 455 g/mol. The maximum absolute atomic E-state index is 5.00. The van der Waals surface area contributed by atoms with E-state index in [4.69, 9.17) is 5.10 Å². The van der Waals surface area contributed by atoms with E-state index in [9.17, 15) is 0 Å². The van der Waals surface area contributed by atoms with Gasteiger partial charge in [-0.1, -0.05) is 97.1 Å². The van der Waals surface area contributed by atoms with Gasteiger partial charge in [-0.3, -0.25) is 5.01 Å². The summed E-state index contributed by atoms with van der Waals surface area (Å²) >= 11 is 0. The summed E-state index contributed by atoms with van der Waals surface area (Å²) in [6, 6.07) is 37.9. The molecule has 1 aliphatic heterocycles. The summed E-state index contributed by atoms with van der Waals surface area (Å²) in [5.41, 5.74) is 6.98. The van der Waals surface area contributed by atoms with Crippen molar-refractivity contribution in [3.05, 3.63) is 120 Å². The van der Waals surface area contributed by atoms with Crippen LogP contribution >= 0.6 is 0 Å². The van der Waals surface area contributed by atoms with Crippen LogP contribution in [0.4, 0.5) is 0 Å². The van der Waals surface area contributed by atoms with Crippen LogP contribution < -0.4 is 4.90 Å². The lowest BCUT2D eigenvalue weighted by atomic mass is 9.97. The van der Waals surface area contributed by atoms with Gasteiger partial charge in [0.1, 0.15) is 6.04 Å². The highest BCUT2D eigenvalue weighted by Crippen LogP contribution is 2.41. The van der Waals surface area contributed by atoms with Gasteiger partial charge in [-0.05, 0) is 38.7 Å². The summed E-state index contributed by atoms with van der Waals surface area (Å²) in [4.78, 5) is 1.64. The molecule has 2 aliphatic rings. The van der Waals surface area contributed by atoms with Gasteiger partial charge in [0.15, 0.2) is 0 Å². The fourth-order valence-electron chi connectivity index (χ4n) is 6.11. The van der Waals surface area contributed by atoms with Crippen molar-refractivity contribution in [3.63, 3.8) is 0 Å². The molecule has 1 heterocycles. The van der Waals surface area contributed by atoms with Crippen LogP contribution in [-0.4, -0.2) is 37.4 Å². The van der Waals surface area contributed by atoms with Gasteiger partial charge in [0.05, 0.1) is 32.4 Å². The molecule has 1 aliphatic carbocycles. The molecule has 3 heteroatoms. The molecule has 1 N–H and O–H groups in total. The van der Waals surface area contributed by atoms with Gasteiger partial charge in [0, 0.05) is 16.7 Å². The number of rotatable bonds is 3. The third-order valence-electron chi connectivity index (χ3n) is 7.79. The maximum Gasteiger partial charge on any atom is 0.140 e. The van der Waals surface area contributed by atoms with E-state index in [1.165, 1.54) is 49.4 Å². The number of nitrogens with one attached hydrogen (secondary N) is 1. The monoisotopic (exact) mass is 454 g/mol. The first-order valence-electron chi connectivity index (χ1n) is 12.6. The lowest BCUT2D eigenvalue weighted by Crippen LogP contribution is -3.14. The SMILES string of the molecule is C(=NN1CC[NH+](C2c3ccccc3-c3ccccc32)CC1)c1c2ccccc2cc2ccccc12. The molecule has 170 valence electrons. The average Bonchev–Trinajstić information content (AvgIpc) is 3.26. The van der Waals surface area contributed by atoms with Crippen molar-refractivity contribution in [2.24, 2.45) is 5.10 Å². The number of quaternary nitrogens is 1. The van der Waals surface area contributed by atoms with Gasteiger partial charge in [-0.2, -0.15) is 5.10 Å². The Kier molecular flexibility index (Phi) is 4.88. The third-order valence-corrected chi connectivity index (χ3v) is 7.79. The number of piperazine rings is 1. The fraction of sp³-hybridized carbons (Fsp3) is 0.156. The quantitative estimate of drug-likeness (QED) is 0.290. The smallest absolute Gasteiger partial charge is 0.140 e. The molecule has 0 saturated carbocycles. The molecule has 0 aromatic heterocycles. The van der Waals surface area contributed by atoms with Crippen LogP contribution in [0.15, 0.2) is 108 Å². The molecular formula is C32H28N3+. The van der Waals surface area contributed by atoms with Crippen molar-refractivity contribution < 1.29 is 4.90 Å². The van der Waals surface area contributed by atoms with E-state index in [-0.39, 0.29) is 0 Å². The Balaban J connectivity index is 1.15. The summed E-state index contributed by atoms with van der Waals surface area (Å²) in [7, 11) is 0. The Morgan fingerprint density at radius 1 is 0.657 bits per heavy atom. The zero-order valence-electron chi connectivity index (χ0n) is 19.7. The van der Waals surface area contributed by atoms with Crippen LogP contribution in [0.2, 0.25) is 0 Å². The molecule has 0 radical (unpaired) electrons. The lowest BCUT2D eigenvalue weighted by molar-refractivity contribution is -0.929. The molecule has 7 rings (SSSR count). The lowest BCUT2D eigenvalue weighted by Gasteiger charge is -2.34. The summed E-state index contributed by atoms with van der Waals surface area (Å²) in [6.07, 6.45) is 2.09. The van der Waals surface area contributed by atoms with Crippen LogP contribution in [0.5, 0.6) is 0 Å². The first kappa shape index (κ1) is 20.4. The van der Waals surface area contributed by atoms with Crippen molar-refractivity contribution in [1.82, 2.24) is 5.01 Å². The highest BCUT2D eigenvalue weighted by molar-refractivity contribution is 6.13. The zero-order valence-corrected chi connectivity index (χ0v) is 19.7. The van der Waals surface area contributed by atoms with E-state index in [1.807, 2.05) is 0 Å². The number of hydrogen-bond donors (Lipinski definition) is 1. The summed E-state index contributed by atoms with van der Waals surface area (Å²) < 4.78 is 0. The number of hydrogen-bond acceptors (Lipinski definition) is 2. The Bertz CT molecular complexity index is 1480. The van der Waals surface area contributed by atoms with Gasteiger partial charge >= 0.3 is 0 Å². The van der Waals surface area contributed by atoms with Crippen LogP contribution in [0.1, 0.15) is 22.7 Å². The maximum atomic E-state index is 5.00. The van der Waals surface area contributed by atoms with E-state index in [1.54, 1.807) is 4.90 Å². The van der Waals surface area contributed by atoms with Gasteiger partial charge in [-0.25, -0.2) is 0 Å². The topological polar surface area (TPSA) is 20.0 Å².